The molecule has 0 radical (unpaired) electrons. The molecule has 0 unspecified atom stereocenters. The Bertz CT molecular complexity index is 612. The number of carboxylic acid groups (broad SMARTS) is 1. The van der Waals surface area contributed by atoms with E-state index in [1.807, 2.05) is 13.2 Å². The first-order chi connectivity index (χ1) is 8.99. The minimum atomic E-state index is -1.07. The van der Waals surface area contributed by atoms with Crippen LogP contribution in [0.3, 0.4) is 0 Å². The lowest BCUT2D eigenvalue weighted by atomic mass is 10.2. The summed E-state index contributed by atoms with van der Waals surface area (Å²) in [6, 6.07) is 1.38. The summed E-state index contributed by atoms with van der Waals surface area (Å²) in [4.78, 5) is 16.9. The van der Waals surface area contributed by atoms with Crippen LogP contribution >= 0.6 is 11.6 Å². The van der Waals surface area contributed by atoms with Crippen LogP contribution in [0.1, 0.15) is 15.9 Å². The largest absolute Gasteiger partial charge is 0.478 e. The van der Waals surface area contributed by atoms with Gasteiger partial charge in [0.15, 0.2) is 0 Å². The van der Waals surface area contributed by atoms with Crippen molar-refractivity contribution in [2.45, 2.75) is 6.54 Å². The number of anilines is 1. The van der Waals surface area contributed by atoms with Gasteiger partial charge in [0.25, 0.3) is 0 Å². The van der Waals surface area contributed by atoms with Gasteiger partial charge in [-0.1, -0.05) is 11.6 Å². The lowest BCUT2D eigenvalue weighted by Crippen LogP contribution is -2.18. The first-order valence-electron chi connectivity index (χ1n) is 5.55. The summed E-state index contributed by atoms with van der Waals surface area (Å²) in [6.07, 6.45) is 5.06. The van der Waals surface area contributed by atoms with Crippen LogP contribution in [0.4, 0.5) is 5.82 Å². The number of aromatic nitrogens is 3. The van der Waals surface area contributed by atoms with Crippen molar-refractivity contribution >= 4 is 23.4 Å². The van der Waals surface area contributed by atoms with Crippen LogP contribution in [-0.2, 0) is 13.6 Å². The molecule has 2 heterocycles. The fraction of sp³-hybridized carbons (Fsp3) is 0.250. The molecule has 100 valence electrons. The molecule has 0 aromatic carbocycles. The van der Waals surface area contributed by atoms with E-state index in [9.17, 15) is 4.79 Å². The average molecular weight is 281 g/mol. The monoisotopic (exact) mass is 280 g/mol. The fourth-order valence-electron chi connectivity index (χ4n) is 1.77. The van der Waals surface area contributed by atoms with Crippen LogP contribution in [0.25, 0.3) is 0 Å². The van der Waals surface area contributed by atoms with Gasteiger partial charge in [0.05, 0.1) is 16.8 Å². The van der Waals surface area contributed by atoms with Crippen LogP contribution in [0.2, 0.25) is 5.02 Å². The molecule has 0 fully saturated rings. The lowest BCUT2D eigenvalue weighted by molar-refractivity contribution is 0.0697. The summed E-state index contributed by atoms with van der Waals surface area (Å²) in [5.41, 5.74) is 1.04. The van der Waals surface area contributed by atoms with Gasteiger partial charge in [-0.15, -0.1) is 0 Å². The van der Waals surface area contributed by atoms with Gasteiger partial charge < -0.3 is 10.0 Å². The van der Waals surface area contributed by atoms with E-state index < -0.39 is 5.97 Å². The first kappa shape index (κ1) is 13.4. The second-order valence-electron chi connectivity index (χ2n) is 4.18. The van der Waals surface area contributed by atoms with Crippen molar-refractivity contribution < 1.29 is 9.90 Å². The molecule has 6 nitrogen and oxygen atoms in total. The Balaban J connectivity index is 2.26. The van der Waals surface area contributed by atoms with Gasteiger partial charge in [-0.25, -0.2) is 9.78 Å². The number of aromatic carboxylic acids is 1. The molecule has 0 aliphatic rings. The highest BCUT2D eigenvalue weighted by atomic mass is 35.5. The Labute approximate surface area is 115 Å². The van der Waals surface area contributed by atoms with Gasteiger partial charge in [-0.3, -0.25) is 4.68 Å². The Morgan fingerprint density at radius 1 is 1.58 bits per heavy atom. The number of halogens is 1. The van der Waals surface area contributed by atoms with Gasteiger partial charge in [0, 0.05) is 38.6 Å². The Kier molecular flexibility index (Phi) is 3.71. The molecule has 0 saturated carbocycles. The fourth-order valence-corrected chi connectivity index (χ4v) is 2.10. The van der Waals surface area contributed by atoms with Crippen molar-refractivity contribution in [3.05, 3.63) is 40.8 Å². The summed E-state index contributed by atoms with van der Waals surface area (Å²) in [5, 5.41) is 13.2. The molecule has 0 aliphatic heterocycles. The Morgan fingerprint density at radius 3 is 2.89 bits per heavy atom. The van der Waals surface area contributed by atoms with E-state index in [2.05, 4.69) is 10.1 Å². The molecule has 2 rings (SSSR count). The first-order valence-corrected chi connectivity index (χ1v) is 5.93. The van der Waals surface area contributed by atoms with Crippen LogP contribution in [0.5, 0.6) is 0 Å². The number of nitrogens with zero attached hydrogens (tertiary/aromatic N) is 4. The summed E-state index contributed by atoms with van der Waals surface area (Å²) in [6.45, 7) is 0.545. The van der Waals surface area contributed by atoms with Crippen LogP contribution < -0.4 is 4.90 Å². The third kappa shape index (κ3) is 2.85. The van der Waals surface area contributed by atoms with Crippen molar-refractivity contribution in [2.75, 3.05) is 11.9 Å². The minimum Gasteiger partial charge on any atom is -0.478 e. The summed E-state index contributed by atoms with van der Waals surface area (Å²) < 4.78 is 1.70. The van der Waals surface area contributed by atoms with E-state index in [0.717, 1.165) is 5.56 Å². The topological polar surface area (TPSA) is 71.2 Å². The second-order valence-corrected chi connectivity index (χ2v) is 4.56. The predicted molar refractivity (Wildman–Crippen MR) is 71.5 cm³/mol. The lowest BCUT2D eigenvalue weighted by Gasteiger charge is -2.19. The zero-order valence-corrected chi connectivity index (χ0v) is 11.3. The number of pyridine rings is 1. The third-order valence-electron chi connectivity index (χ3n) is 2.64. The summed E-state index contributed by atoms with van der Waals surface area (Å²) in [7, 11) is 3.63. The molecule has 0 aliphatic carbocycles. The summed E-state index contributed by atoms with van der Waals surface area (Å²) >= 11 is 6.06. The van der Waals surface area contributed by atoms with Gasteiger partial charge in [-0.05, 0) is 6.07 Å². The van der Waals surface area contributed by atoms with Crippen molar-refractivity contribution in [3.63, 3.8) is 0 Å². The van der Waals surface area contributed by atoms with Crippen molar-refractivity contribution in [1.82, 2.24) is 14.8 Å². The molecular formula is C12H13ClN4O2. The van der Waals surface area contributed by atoms with Gasteiger partial charge >= 0.3 is 5.97 Å². The van der Waals surface area contributed by atoms with E-state index >= 15 is 0 Å². The van der Waals surface area contributed by atoms with Crippen molar-refractivity contribution in [1.29, 1.82) is 0 Å². The van der Waals surface area contributed by atoms with Gasteiger partial charge in [0.2, 0.25) is 0 Å². The number of aryl methyl sites for hydroxylation is 1. The number of carbonyl (C=O) groups is 1. The van der Waals surface area contributed by atoms with Gasteiger partial charge in [0.1, 0.15) is 5.82 Å². The third-order valence-corrected chi connectivity index (χ3v) is 3.01. The molecule has 0 bridgehead atoms. The highest BCUT2D eigenvalue weighted by molar-refractivity contribution is 6.35. The van der Waals surface area contributed by atoms with Crippen LogP contribution in [-0.4, -0.2) is 32.9 Å². The molecule has 2 aromatic heterocycles. The van der Waals surface area contributed by atoms with E-state index in [1.165, 1.54) is 12.3 Å². The standard InChI is InChI=1S/C12H13ClN4O2/c1-16(6-8-5-15-17(2)7-8)11-10(13)9(12(18)19)3-4-14-11/h3-5,7H,6H2,1-2H3,(H,18,19). The van der Waals surface area contributed by atoms with Crippen molar-refractivity contribution in [2.24, 2.45) is 7.05 Å². The molecule has 0 spiro atoms. The summed E-state index contributed by atoms with van der Waals surface area (Å²) in [5.74, 6) is -0.631. The zero-order valence-electron chi connectivity index (χ0n) is 10.5. The smallest absolute Gasteiger partial charge is 0.337 e. The maximum atomic E-state index is 11.0. The highest BCUT2D eigenvalue weighted by Gasteiger charge is 2.16. The maximum absolute atomic E-state index is 11.0. The maximum Gasteiger partial charge on any atom is 0.337 e. The van der Waals surface area contributed by atoms with E-state index in [0.29, 0.717) is 12.4 Å². The molecule has 19 heavy (non-hydrogen) atoms. The zero-order chi connectivity index (χ0) is 14.0. The number of hydrogen-bond acceptors (Lipinski definition) is 4. The molecule has 0 atom stereocenters. The molecule has 1 N–H and O–H groups in total. The number of hydrogen-bond donors (Lipinski definition) is 1. The second kappa shape index (κ2) is 5.27. The SMILES string of the molecule is CN(Cc1cnn(C)c1)c1nccc(C(=O)O)c1Cl. The van der Waals surface area contributed by atoms with Crippen LogP contribution in [0, 0.1) is 0 Å². The molecular weight excluding hydrogens is 268 g/mol. The predicted octanol–water partition coefficient (Wildman–Crippen LogP) is 1.80. The van der Waals surface area contributed by atoms with Gasteiger partial charge in [-0.2, -0.15) is 5.10 Å². The van der Waals surface area contributed by atoms with E-state index in [-0.39, 0.29) is 10.6 Å². The molecule has 0 amide bonds. The van der Waals surface area contributed by atoms with E-state index in [4.69, 9.17) is 16.7 Å². The molecule has 2 aromatic rings. The number of rotatable bonds is 4. The number of carboxylic acids is 1. The quantitative estimate of drug-likeness (QED) is 0.925. The van der Waals surface area contributed by atoms with Crippen molar-refractivity contribution in [3.8, 4) is 0 Å². The minimum absolute atomic E-state index is 0.0460. The normalized spacial score (nSPS) is 10.5. The Morgan fingerprint density at radius 2 is 2.32 bits per heavy atom. The van der Waals surface area contributed by atoms with E-state index in [1.54, 1.807) is 22.8 Å². The highest BCUT2D eigenvalue weighted by Crippen LogP contribution is 2.27. The molecule has 0 saturated heterocycles. The molecule has 7 heteroatoms. The Hall–Kier alpha value is -2.08. The van der Waals surface area contributed by atoms with Crippen LogP contribution in [0.15, 0.2) is 24.7 Å². The average Bonchev–Trinajstić information content (AvgIpc) is 2.74.